The Balaban J connectivity index is 0.000000153. The highest BCUT2D eigenvalue weighted by Gasteiger charge is 2.38. The van der Waals surface area contributed by atoms with Crippen molar-refractivity contribution in [3.8, 4) is 0 Å². The second-order valence-corrected chi connectivity index (χ2v) is 17.7. The first-order valence-corrected chi connectivity index (χ1v) is 22.9. The zero-order valence-corrected chi connectivity index (χ0v) is 35.8. The van der Waals surface area contributed by atoms with Crippen molar-refractivity contribution < 1.29 is 19.2 Å². The Morgan fingerprint density at radius 1 is 0.381 bits per heavy atom. The maximum atomic E-state index is 14.1. The topological polar surface area (TPSA) is 83.6 Å². The van der Waals surface area contributed by atoms with Gasteiger partial charge in [0.2, 0.25) is 0 Å². The Hall–Kier alpha value is -6.92. The molecule has 63 heavy (non-hydrogen) atoms. The molecule has 0 aromatic heterocycles. The lowest BCUT2D eigenvalue weighted by Gasteiger charge is -2.34. The summed E-state index contributed by atoms with van der Waals surface area (Å²) >= 11 is 0. The normalized spacial score (nSPS) is 13.9. The van der Waals surface area contributed by atoms with E-state index < -0.39 is 0 Å². The van der Waals surface area contributed by atoms with Gasteiger partial charge < -0.3 is 0 Å². The van der Waals surface area contributed by atoms with Crippen LogP contribution < -0.4 is 5.32 Å². The van der Waals surface area contributed by atoms with Gasteiger partial charge in [-0.3, -0.25) is 29.4 Å². The van der Waals surface area contributed by atoms with E-state index >= 15 is 0 Å². The third kappa shape index (κ3) is 5.98. The minimum Gasteiger partial charge on any atom is -0.288 e. The van der Waals surface area contributed by atoms with Gasteiger partial charge in [-0.05, 0) is 113 Å². The highest BCUT2D eigenvalue weighted by Crippen LogP contribution is 2.45. The summed E-state index contributed by atoms with van der Waals surface area (Å²) in [4.78, 5) is 54.5. The zero-order valence-electron chi connectivity index (χ0n) is 35.8. The number of carbonyl (C=O) groups is 4. The highest BCUT2D eigenvalue weighted by atomic mass is 16.2. The Kier molecular flexibility index (Phi) is 9.56. The van der Waals surface area contributed by atoms with E-state index in [0.29, 0.717) is 22.3 Å². The average Bonchev–Trinajstić information content (AvgIpc) is 3.31. The predicted octanol–water partition coefficient (Wildman–Crippen LogP) is 14.3. The predicted molar refractivity (Wildman–Crippen MR) is 259 cm³/mol. The summed E-state index contributed by atoms with van der Waals surface area (Å²) in [5, 5.41) is 20.1. The number of hydrogen-bond donors (Lipinski definition) is 1. The van der Waals surface area contributed by atoms with Crippen LogP contribution in [0.25, 0.3) is 86.2 Å². The van der Waals surface area contributed by atoms with Crippen molar-refractivity contribution in [3.63, 3.8) is 0 Å². The molecular formula is C57H48N2O4. The molecule has 1 N–H and O–H groups in total. The molecule has 0 unspecified atom stereocenters. The average molecular weight is 825 g/mol. The first-order chi connectivity index (χ1) is 30.9. The van der Waals surface area contributed by atoms with Crippen LogP contribution in [-0.2, 0) is 0 Å². The molecule has 10 aromatic carbocycles. The second-order valence-electron chi connectivity index (χ2n) is 17.7. The monoisotopic (exact) mass is 824 g/mol. The summed E-state index contributed by atoms with van der Waals surface area (Å²) in [6.45, 7) is 4.43. The largest absolute Gasteiger partial charge is 0.288 e. The Morgan fingerprint density at radius 2 is 0.730 bits per heavy atom. The first kappa shape index (κ1) is 39.0. The molecule has 0 saturated heterocycles. The summed E-state index contributed by atoms with van der Waals surface area (Å²) in [6.07, 6.45) is 11.0. The molecule has 6 heteroatoms. The summed E-state index contributed by atoms with van der Waals surface area (Å²) in [5.41, 5.74) is 2.50. The van der Waals surface area contributed by atoms with Crippen molar-refractivity contribution in [2.75, 3.05) is 0 Å². The van der Waals surface area contributed by atoms with Crippen LogP contribution in [0.4, 0.5) is 0 Å². The van der Waals surface area contributed by atoms with E-state index in [1.807, 2.05) is 36.4 Å². The molecular weight excluding hydrogens is 777 g/mol. The molecule has 2 aliphatic heterocycles. The van der Waals surface area contributed by atoms with Gasteiger partial charge in [-0.25, -0.2) is 0 Å². The molecule has 2 aliphatic rings. The van der Waals surface area contributed by atoms with Gasteiger partial charge in [-0.15, -0.1) is 0 Å². The molecule has 0 aliphatic carbocycles. The lowest BCUT2D eigenvalue weighted by Crippen LogP contribution is -2.47. The molecule has 0 radical (unpaired) electrons. The van der Waals surface area contributed by atoms with E-state index in [1.165, 1.54) is 58.0 Å². The number of amides is 4. The number of nitrogens with one attached hydrogen (secondary N) is 1. The van der Waals surface area contributed by atoms with Gasteiger partial charge in [-0.1, -0.05) is 162 Å². The van der Waals surface area contributed by atoms with Crippen molar-refractivity contribution in [1.29, 1.82) is 0 Å². The highest BCUT2D eigenvalue weighted by molar-refractivity contribution is 6.40. The van der Waals surface area contributed by atoms with Crippen molar-refractivity contribution in [2.24, 2.45) is 0 Å². The van der Waals surface area contributed by atoms with Gasteiger partial charge in [0.15, 0.2) is 0 Å². The van der Waals surface area contributed by atoms with Crippen LogP contribution in [0.15, 0.2) is 121 Å². The lowest BCUT2D eigenvalue weighted by atomic mass is 9.84. The van der Waals surface area contributed by atoms with E-state index in [4.69, 9.17) is 0 Å². The molecule has 0 fully saturated rings. The summed E-state index contributed by atoms with van der Waals surface area (Å²) in [7, 11) is 0. The third-order valence-corrected chi connectivity index (χ3v) is 14.1. The number of hydrogen-bond acceptors (Lipinski definition) is 4. The maximum Gasteiger partial charge on any atom is 0.261 e. The van der Waals surface area contributed by atoms with Crippen molar-refractivity contribution in [2.45, 2.75) is 84.1 Å². The molecule has 0 atom stereocenters. The maximum absolute atomic E-state index is 14.1. The number of rotatable bonds is 11. The SMILES string of the molecule is CCCCCCC(CCCCCC)N1C(=O)c2ccc3c4cccc5cccc(c6ccc(c2c36)C1=O)c54.O=C1NC(=O)c2ccc3c4cccc5cccc(c6ccc1c2c63)c54. The molecule has 2 heterocycles. The quantitative estimate of drug-likeness (QED) is 0.0609. The Morgan fingerprint density at radius 3 is 1.11 bits per heavy atom. The Bertz CT molecular complexity index is 3300. The summed E-state index contributed by atoms with van der Waals surface area (Å²) in [6, 6.07) is 41.2. The van der Waals surface area contributed by atoms with Gasteiger partial charge >= 0.3 is 0 Å². The van der Waals surface area contributed by atoms with Gasteiger partial charge in [-0.2, -0.15) is 0 Å². The minimum absolute atomic E-state index is 0.0337. The number of imide groups is 2. The van der Waals surface area contributed by atoms with Crippen molar-refractivity contribution >= 4 is 110 Å². The van der Waals surface area contributed by atoms with Gasteiger partial charge in [0.25, 0.3) is 23.6 Å². The molecule has 12 rings (SSSR count). The molecule has 0 bridgehead atoms. The van der Waals surface area contributed by atoms with Gasteiger partial charge in [0, 0.05) is 39.1 Å². The second kappa shape index (κ2) is 15.5. The zero-order chi connectivity index (χ0) is 42.9. The molecule has 6 nitrogen and oxygen atoms in total. The minimum atomic E-state index is -0.321. The number of nitrogens with zero attached hydrogens (tertiary/aromatic N) is 1. The van der Waals surface area contributed by atoms with E-state index in [-0.39, 0.29) is 29.7 Å². The van der Waals surface area contributed by atoms with Crippen LogP contribution in [0, 0.1) is 0 Å². The van der Waals surface area contributed by atoms with E-state index in [1.54, 1.807) is 4.90 Å². The third-order valence-electron chi connectivity index (χ3n) is 14.1. The molecule has 10 aromatic rings. The van der Waals surface area contributed by atoms with Crippen LogP contribution in [0.2, 0.25) is 0 Å². The fraction of sp³-hybridized carbons (Fsp3) is 0.228. The van der Waals surface area contributed by atoms with Crippen LogP contribution in [0.5, 0.6) is 0 Å². The summed E-state index contributed by atoms with van der Waals surface area (Å²) < 4.78 is 0. The first-order valence-electron chi connectivity index (χ1n) is 22.9. The lowest BCUT2D eigenvalue weighted by molar-refractivity contribution is 0.0516. The van der Waals surface area contributed by atoms with Crippen molar-refractivity contribution in [1.82, 2.24) is 10.2 Å². The van der Waals surface area contributed by atoms with Gasteiger partial charge in [0.1, 0.15) is 0 Å². The molecule has 310 valence electrons. The van der Waals surface area contributed by atoms with E-state index in [9.17, 15) is 19.2 Å². The van der Waals surface area contributed by atoms with Gasteiger partial charge in [0.05, 0.1) is 0 Å². The van der Waals surface area contributed by atoms with Crippen LogP contribution in [-0.4, -0.2) is 34.6 Å². The number of carbonyl (C=O) groups excluding carboxylic acids is 4. The van der Waals surface area contributed by atoms with Crippen LogP contribution in [0.1, 0.15) is 119 Å². The van der Waals surface area contributed by atoms with Crippen molar-refractivity contribution in [3.05, 3.63) is 144 Å². The standard InChI is InChI=1S/C35H37NO2.C22H11NO2/c1-3-5-7-9-15-24(16-10-8-6-4-2)36-34(37)29-21-19-27-25-17-11-13-23-14-12-18-26(31(23)25)28-20-22-30(35(36)38)33(29)32(27)28;24-21-16-9-7-14-12-5-1-3-11-4-2-6-13(18(11)12)15-8-10-17(22(25)23-21)20(16)19(14)15/h11-14,17-22,24H,3-10,15-16H2,1-2H3;1-10H,(H,23,24,25). The number of fused-ring (bicyclic) bond motifs is 4. The van der Waals surface area contributed by atoms with Crippen LogP contribution >= 0.6 is 0 Å². The Labute approximate surface area is 365 Å². The molecule has 0 spiro atoms. The fourth-order valence-electron chi connectivity index (χ4n) is 11.1. The van der Waals surface area contributed by atoms with E-state index in [2.05, 4.69) is 104 Å². The molecule has 0 saturated carbocycles. The van der Waals surface area contributed by atoms with E-state index in [0.717, 1.165) is 92.4 Å². The molecule has 4 amide bonds. The van der Waals surface area contributed by atoms with Crippen LogP contribution in [0.3, 0.4) is 0 Å². The number of unbranched alkanes of at least 4 members (excludes halogenated alkanes) is 6. The smallest absolute Gasteiger partial charge is 0.261 e. The summed E-state index contributed by atoms with van der Waals surface area (Å²) in [5.74, 6) is -0.866. The number of benzene rings is 10. The fourth-order valence-corrected chi connectivity index (χ4v) is 11.1.